The van der Waals surface area contributed by atoms with E-state index in [1.165, 1.54) is 12.8 Å². The molecule has 1 aliphatic heterocycles. The molecule has 4 aliphatic rings. The average Bonchev–Trinajstić information content (AvgIpc) is 3.72. The molecule has 2 aromatic rings. The van der Waals surface area contributed by atoms with Gasteiger partial charge in [0.25, 0.3) is 0 Å². The van der Waals surface area contributed by atoms with Gasteiger partial charge in [0.15, 0.2) is 5.69 Å². The lowest BCUT2D eigenvalue weighted by molar-refractivity contribution is -0.135. The summed E-state index contributed by atoms with van der Waals surface area (Å²) < 4.78 is 0. The predicted octanol–water partition coefficient (Wildman–Crippen LogP) is 3.00. The standard InChI is InChI=1S/C25H25N7O/c26-11-18-10-21(19-9-20(12-27)30-28-13-19)23(16-3-4-16)29-24(18)31-7-8-32(25(33)17-5-6-17)22(14-31)15-1-2-15/h9-10,13,15-17,22H,1-8,14H2/t22-/m0/s1. The number of hydrogen-bond acceptors (Lipinski definition) is 7. The fourth-order valence-corrected chi connectivity index (χ4v) is 5.03. The van der Waals surface area contributed by atoms with E-state index < -0.39 is 0 Å². The highest BCUT2D eigenvalue weighted by atomic mass is 16.2. The minimum atomic E-state index is 0.215. The Morgan fingerprint density at radius 1 is 1.03 bits per heavy atom. The molecule has 1 atom stereocenters. The van der Waals surface area contributed by atoms with E-state index in [9.17, 15) is 15.3 Å². The van der Waals surface area contributed by atoms with Crippen LogP contribution in [-0.2, 0) is 4.79 Å². The van der Waals surface area contributed by atoms with Crippen LogP contribution in [0.1, 0.15) is 61.4 Å². The van der Waals surface area contributed by atoms with Gasteiger partial charge in [-0.3, -0.25) is 4.79 Å². The third-order valence-corrected chi connectivity index (χ3v) is 7.29. The Bertz CT molecular complexity index is 1200. The van der Waals surface area contributed by atoms with Crippen LogP contribution in [0.3, 0.4) is 0 Å². The van der Waals surface area contributed by atoms with Gasteiger partial charge in [0.05, 0.1) is 23.5 Å². The number of amides is 1. The van der Waals surface area contributed by atoms with E-state index in [1.54, 1.807) is 12.3 Å². The van der Waals surface area contributed by atoms with Gasteiger partial charge in [-0.15, -0.1) is 5.10 Å². The van der Waals surface area contributed by atoms with Crippen molar-refractivity contribution in [2.45, 2.75) is 50.5 Å². The molecule has 0 unspecified atom stereocenters. The van der Waals surface area contributed by atoms with Gasteiger partial charge in [-0.25, -0.2) is 4.98 Å². The van der Waals surface area contributed by atoms with Crippen LogP contribution in [0.5, 0.6) is 0 Å². The zero-order chi connectivity index (χ0) is 22.5. The maximum Gasteiger partial charge on any atom is 0.226 e. The fraction of sp³-hybridized carbons (Fsp3) is 0.520. The van der Waals surface area contributed by atoms with Crippen molar-refractivity contribution in [2.75, 3.05) is 24.5 Å². The SMILES string of the molecule is N#Cc1cc(-c2cc(C#N)c(N3CCN(C(=O)C4CC4)[C@H](C4CC4)C3)nc2C2CC2)cnn1. The highest BCUT2D eigenvalue weighted by Crippen LogP contribution is 2.45. The third-order valence-electron chi connectivity index (χ3n) is 7.29. The summed E-state index contributed by atoms with van der Waals surface area (Å²) in [6.45, 7) is 2.13. The zero-order valence-corrected chi connectivity index (χ0v) is 18.4. The minimum absolute atomic E-state index is 0.215. The first kappa shape index (κ1) is 20.1. The second-order valence-corrected chi connectivity index (χ2v) is 9.78. The number of anilines is 1. The highest BCUT2D eigenvalue weighted by molar-refractivity contribution is 5.82. The Kier molecular flexibility index (Phi) is 4.76. The normalized spacial score (nSPS) is 22.5. The topological polar surface area (TPSA) is 110 Å². The first-order valence-electron chi connectivity index (χ1n) is 11.9. The van der Waals surface area contributed by atoms with E-state index in [0.717, 1.165) is 54.9 Å². The Morgan fingerprint density at radius 2 is 1.85 bits per heavy atom. The maximum absolute atomic E-state index is 12.9. The molecule has 33 heavy (non-hydrogen) atoms. The number of piperazine rings is 1. The molecule has 2 aromatic heterocycles. The summed E-state index contributed by atoms with van der Waals surface area (Å²) >= 11 is 0. The number of aromatic nitrogens is 3. The number of nitrogens with zero attached hydrogens (tertiary/aromatic N) is 7. The van der Waals surface area contributed by atoms with E-state index in [-0.39, 0.29) is 17.7 Å². The van der Waals surface area contributed by atoms with Gasteiger partial charge >= 0.3 is 0 Å². The van der Waals surface area contributed by atoms with Crippen molar-refractivity contribution in [1.29, 1.82) is 10.5 Å². The van der Waals surface area contributed by atoms with Gasteiger partial charge in [0.2, 0.25) is 5.91 Å². The monoisotopic (exact) mass is 439 g/mol. The van der Waals surface area contributed by atoms with Crippen molar-refractivity contribution >= 4 is 11.7 Å². The van der Waals surface area contributed by atoms with Gasteiger partial charge in [-0.1, -0.05) is 0 Å². The van der Waals surface area contributed by atoms with Crippen LogP contribution in [0.4, 0.5) is 5.82 Å². The van der Waals surface area contributed by atoms with Gasteiger partial charge in [-0.05, 0) is 56.6 Å². The quantitative estimate of drug-likeness (QED) is 0.704. The molecule has 0 N–H and O–H groups in total. The van der Waals surface area contributed by atoms with Crippen molar-refractivity contribution in [2.24, 2.45) is 11.8 Å². The van der Waals surface area contributed by atoms with Crippen molar-refractivity contribution in [3.63, 3.8) is 0 Å². The third kappa shape index (κ3) is 3.80. The van der Waals surface area contributed by atoms with Gasteiger partial charge in [-0.2, -0.15) is 15.6 Å². The summed E-state index contributed by atoms with van der Waals surface area (Å²) in [7, 11) is 0. The fourth-order valence-electron chi connectivity index (χ4n) is 5.03. The number of rotatable bonds is 5. The van der Waals surface area contributed by atoms with E-state index in [0.29, 0.717) is 36.4 Å². The molecular weight excluding hydrogens is 414 g/mol. The Morgan fingerprint density at radius 3 is 2.52 bits per heavy atom. The molecule has 0 bridgehead atoms. The molecule has 3 aliphatic carbocycles. The lowest BCUT2D eigenvalue weighted by atomic mass is 9.99. The predicted molar refractivity (Wildman–Crippen MR) is 120 cm³/mol. The molecule has 8 nitrogen and oxygen atoms in total. The lowest BCUT2D eigenvalue weighted by Crippen LogP contribution is -2.57. The van der Waals surface area contributed by atoms with Crippen LogP contribution in [0.15, 0.2) is 18.3 Å². The van der Waals surface area contributed by atoms with Crippen LogP contribution in [-0.4, -0.2) is 51.7 Å². The molecule has 1 amide bonds. The number of nitriles is 2. The van der Waals surface area contributed by atoms with Crippen LogP contribution >= 0.6 is 0 Å². The highest BCUT2D eigenvalue weighted by Gasteiger charge is 2.45. The molecule has 8 heteroatoms. The molecule has 0 aromatic carbocycles. The van der Waals surface area contributed by atoms with Crippen molar-refractivity contribution in [3.05, 3.63) is 35.3 Å². The van der Waals surface area contributed by atoms with E-state index in [1.807, 2.05) is 12.1 Å². The van der Waals surface area contributed by atoms with Gasteiger partial charge in [0.1, 0.15) is 18.0 Å². The zero-order valence-electron chi connectivity index (χ0n) is 18.4. The van der Waals surface area contributed by atoms with Gasteiger partial charge < -0.3 is 9.80 Å². The van der Waals surface area contributed by atoms with Gasteiger partial charge in [0, 0.05) is 42.6 Å². The van der Waals surface area contributed by atoms with Crippen molar-refractivity contribution in [3.8, 4) is 23.3 Å². The molecule has 6 rings (SSSR count). The van der Waals surface area contributed by atoms with E-state index in [2.05, 4.69) is 26.1 Å². The smallest absolute Gasteiger partial charge is 0.226 e. The number of hydrogen-bond donors (Lipinski definition) is 0. The molecule has 0 radical (unpaired) electrons. The Labute approximate surface area is 192 Å². The number of carbonyl (C=O) groups excluding carboxylic acids is 1. The van der Waals surface area contributed by atoms with Crippen LogP contribution in [0.25, 0.3) is 11.1 Å². The number of carbonyl (C=O) groups is 1. The van der Waals surface area contributed by atoms with Crippen molar-refractivity contribution < 1.29 is 4.79 Å². The summed E-state index contributed by atoms with van der Waals surface area (Å²) in [6, 6.07) is 8.22. The van der Waals surface area contributed by atoms with Crippen LogP contribution < -0.4 is 4.90 Å². The summed E-state index contributed by atoms with van der Waals surface area (Å²) in [5, 5.41) is 27.1. The maximum atomic E-state index is 12.9. The molecule has 3 heterocycles. The second-order valence-electron chi connectivity index (χ2n) is 9.78. The van der Waals surface area contributed by atoms with Crippen molar-refractivity contribution in [1.82, 2.24) is 20.1 Å². The molecule has 1 saturated heterocycles. The summed E-state index contributed by atoms with van der Waals surface area (Å²) in [5.74, 6) is 2.22. The first-order valence-corrected chi connectivity index (χ1v) is 11.9. The first-order chi connectivity index (χ1) is 16.2. The Hall–Kier alpha value is -3.52. The lowest BCUT2D eigenvalue weighted by Gasteiger charge is -2.43. The Balaban J connectivity index is 1.35. The molecule has 4 fully saturated rings. The summed E-state index contributed by atoms with van der Waals surface area (Å²) in [5.41, 5.74) is 3.39. The average molecular weight is 440 g/mol. The summed E-state index contributed by atoms with van der Waals surface area (Å²) in [6.07, 6.45) is 8.19. The molecule has 0 spiro atoms. The molecular formula is C25H25N7O. The van der Waals surface area contributed by atoms with Crippen LogP contribution in [0, 0.1) is 34.5 Å². The molecule has 3 saturated carbocycles. The van der Waals surface area contributed by atoms with E-state index >= 15 is 0 Å². The minimum Gasteiger partial charge on any atom is -0.352 e. The van der Waals surface area contributed by atoms with E-state index in [4.69, 9.17) is 4.98 Å². The largest absolute Gasteiger partial charge is 0.352 e. The van der Waals surface area contributed by atoms with Crippen LogP contribution in [0.2, 0.25) is 0 Å². The number of pyridine rings is 1. The molecule has 166 valence electrons. The summed E-state index contributed by atoms with van der Waals surface area (Å²) in [4.78, 5) is 22.3. The second kappa shape index (κ2) is 7.81.